The molecule has 1 aromatic rings. The Bertz CT molecular complexity index is 1190. The van der Waals surface area contributed by atoms with Crippen LogP contribution in [0.5, 0.6) is 0 Å². The predicted molar refractivity (Wildman–Crippen MR) is 135 cm³/mol. The Balaban J connectivity index is 1.72. The first-order valence-corrected chi connectivity index (χ1v) is 12.7. The molecule has 1 spiro atoms. The number of anilines is 1. The lowest BCUT2D eigenvalue weighted by molar-refractivity contribution is -0.131. The van der Waals surface area contributed by atoms with E-state index < -0.39 is 23.0 Å². The SMILES string of the molecule is C/C=C1/N(CC2CC=CC(F)=C2CC)C(=O)C(C(=O)Nc2cc(C)c(Br)c(F)c2)=C(O)C12CCC2. The number of nitrogens with one attached hydrogen (secondary N) is 1. The maximum atomic E-state index is 14.5. The smallest absolute Gasteiger partial charge is 0.267 e. The second-order valence-electron chi connectivity index (χ2n) is 9.35. The van der Waals surface area contributed by atoms with Crippen LogP contribution in [-0.2, 0) is 9.59 Å². The van der Waals surface area contributed by atoms with E-state index in [9.17, 15) is 23.5 Å². The van der Waals surface area contributed by atoms with E-state index in [-0.39, 0.29) is 39.8 Å². The average Bonchev–Trinajstić information content (AvgIpc) is 2.78. The summed E-state index contributed by atoms with van der Waals surface area (Å²) in [6.07, 6.45) is 8.16. The highest BCUT2D eigenvalue weighted by molar-refractivity contribution is 9.10. The van der Waals surface area contributed by atoms with Crippen LogP contribution in [0.2, 0.25) is 0 Å². The van der Waals surface area contributed by atoms with Gasteiger partial charge >= 0.3 is 0 Å². The van der Waals surface area contributed by atoms with Crippen LogP contribution in [0.4, 0.5) is 14.5 Å². The van der Waals surface area contributed by atoms with Crippen LogP contribution in [0, 0.1) is 24.1 Å². The summed E-state index contributed by atoms with van der Waals surface area (Å²) in [5.41, 5.74) is 0.888. The molecule has 1 heterocycles. The Morgan fingerprint density at radius 3 is 2.63 bits per heavy atom. The fourth-order valence-electron chi connectivity index (χ4n) is 5.44. The number of aryl methyl sites for hydroxylation is 1. The van der Waals surface area contributed by atoms with E-state index in [0.717, 1.165) is 12.5 Å². The number of amides is 2. The predicted octanol–water partition coefficient (Wildman–Crippen LogP) is 6.77. The first-order chi connectivity index (χ1) is 16.6. The minimum absolute atomic E-state index is 0.183. The minimum atomic E-state index is -0.824. The molecule has 1 atom stereocenters. The summed E-state index contributed by atoms with van der Waals surface area (Å²) in [6, 6.07) is 2.74. The number of hydrogen-bond donors (Lipinski definition) is 2. The lowest BCUT2D eigenvalue weighted by Gasteiger charge is -2.50. The zero-order chi connectivity index (χ0) is 25.5. The third-order valence-electron chi connectivity index (χ3n) is 7.37. The molecule has 1 fully saturated rings. The molecule has 35 heavy (non-hydrogen) atoms. The monoisotopic (exact) mass is 546 g/mol. The number of benzene rings is 1. The molecule has 1 aromatic carbocycles. The molecule has 0 saturated heterocycles. The molecule has 2 aliphatic carbocycles. The van der Waals surface area contributed by atoms with Crippen molar-refractivity contribution in [1.82, 2.24) is 4.90 Å². The average molecular weight is 547 g/mol. The molecule has 3 aliphatic rings. The van der Waals surface area contributed by atoms with Gasteiger partial charge in [0.2, 0.25) is 0 Å². The van der Waals surface area contributed by atoms with Crippen molar-refractivity contribution in [3.05, 3.63) is 74.6 Å². The number of carbonyl (C=O) groups excluding carboxylic acids is 2. The Hall–Kier alpha value is -2.74. The number of aliphatic hydroxyl groups excluding tert-OH is 1. The molecule has 2 N–H and O–H groups in total. The first-order valence-electron chi connectivity index (χ1n) is 11.9. The highest BCUT2D eigenvalue weighted by Crippen LogP contribution is 2.56. The van der Waals surface area contributed by atoms with Crippen molar-refractivity contribution in [2.75, 3.05) is 11.9 Å². The van der Waals surface area contributed by atoms with Crippen LogP contribution in [0.25, 0.3) is 0 Å². The third-order valence-corrected chi connectivity index (χ3v) is 8.38. The largest absolute Gasteiger partial charge is 0.510 e. The van der Waals surface area contributed by atoms with Gasteiger partial charge in [0.15, 0.2) is 0 Å². The number of allylic oxidation sites excluding steroid dienone is 4. The van der Waals surface area contributed by atoms with Crippen LogP contribution < -0.4 is 5.32 Å². The van der Waals surface area contributed by atoms with Crippen molar-refractivity contribution >= 4 is 33.4 Å². The molecule has 4 rings (SSSR count). The van der Waals surface area contributed by atoms with Crippen LogP contribution >= 0.6 is 15.9 Å². The molecule has 0 aromatic heterocycles. The van der Waals surface area contributed by atoms with E-state index in [0.29, 0.717) is 42.5 Å². The van der Waals surface area contributed by atoms with Gasteiger partial charge in [-0.05, 0) is 84.8 Å². The van der Waals surface area contributed by atoms with Crippen LogP contribution in [0.3, 0.4) is 0 Å². The van der Waals surface area contributed by atoms with E-state index in [1.807, 2.05) is 6.92 Å². The summed E-state index contributed by atoms with van der Waals surface area (Å²) in [6.45, 7) is 5.58. The number of hydrogen-bond acceptors (Lipinski definition) is 3. The van der Waals surface area contributed by atoms with Gasteiger partial charge in [-0.2, -0.15) is 0 Å². The summed E-state index contributed by atoms with van der Waals surface area (Å²) in [7, 11) is 0. The summed E-state index contributed by atoms with van der Waals surface area (Å²) >= 11 is 3.15. The Morgan fingerprint density at radius 2 is 2.06 bits per heavy atom. The minimum Gasteiger partial charge on any atom is -0.510 e. The zero-order valence-corrected chi connectivity index (χ0v) is 21.6. The molecule has 186 valence electrons. The van der Waals surface area contributed by atoms with Crippen molar-refractivity contribution in [3.63, 3.8) is 0 Å². The quantitative estimate of drug-likeness (QED) is 0.400. The Morgan fingerprint density at radius 1 is 1.34 bits per heavy atom. The molecule has 1 aliphatic heterocycles. The number of aliphatic hydroxyl groups is 1. The molecule has 5 nitrogen and oxygen atoms in total. The van der Waals surface area contributed by atoms with Gasteiger partial charge in [-0.25, -0.2) is 8.78 Å². The van der Waals surface area contributed by atoms with Gasteiger partial charge in [0.25, 0.3) is 11.8 Å². The Labute approximate surface area is 212 Å². The van der Waals surface area contributed by atoms with Crippen LogP contribution in [0.1, 0.15) is 51.5 Å². The fraction of sp³-hybridized carbons (Fsp3) is 0.407. The number of halogens is 3. The van der Waals surface area contributed by atoms with Gasteiger partial charge in [0.05, 0.1) is 9.89 Å². The molecule has 0 bridgehead atoms. The van der Waals surface area contributed by atoms with E-state index in [4.69, 9.17) is 0 Å². The van der Waals surface area contributed by atoms with Crippen molar-refractivity contribution in [2.24, 2.45) is 11.3 Å². The maximum Gasteiger partial charge on any atom is 0.267 e. The van der Waals surface area contributed by atoms with Gasteiger partial charge in [-0.15, -0.1) is 0 Å². The summed E-state index contributed by atoms with van der Waals surface area (Å²) in [4.78, 5) is 28.6. The van der Waals surface area contributed by atoms with Gasteiger partial charge in [0.1, 0.15) is 23.0 Å². The second kappa shape index (κ2) is 9.72. The normalized spacial score (nSPS) is 22.8. The fourth-order valence-corrected chi connectivity index (χ4v) is 5.67. The van der Waals surface area contributed by atoms with Crippen molar-refractivity contribution < 1.29 is 23.5 Å². The second-order valence-corrected chi connectivity index (χ2v) is 10.1. The number of rotatable bonds is 5. The highest BCUT2D eigenvalue weighted by atomic mass is 79.9. The lowest BCUT2D eigenvalue weighted by atomic mass is 9.62. The summed E-state index contributed by atoms with van der Waals surface area (Å²) in [5.74, 6) is -2.73. The van der Waals surface area contributed by atoms with Crippen molar-refractivity contribution in [3.8, 4) is 0 Å². The molecule has 0 radical (unpaired) electrons. The standard InChI is InChI=1S/C27H29BrF2N2O3/c1-4-18-16(8-6-9-19(18)29)14-32-21(5-2)27(10-7-11-27)24(33)22(26(32)35)25(34)31-17-12-15(3)23(28)20(30)13-17/h5-6,9,12-13,16,33H,4,7-8,10-11,14H2,1-3H3,(H,31,34)/b21-5+. The van der Waals surface area contributed by atoms with Gasteiger partial charge < -0.3 is 15.3 Å². The molecule has 1 unspecified atom stereocenters. The Kier molecular flexibility index (Phi) is 7.04. The van der Waals surface area contributed by atoms with Crippen LogP contribution in [0.15, 0.2) is 63.3 Å². The zero-order valence-electron chi connectivity index (χ0n) is 20.1. The van der Waals surface area contributed by atoms with Gasteiger partial charge in [-0.1, -0.05) is 25.5 Å². The van der Waals surface area contributed by atoms with E-state index in [2.05, 4.69) is 21.2 Å². The van der Waals surface area contributed by atoms with Crippen LogP contribution in [-0.4, -0.2) is 28.4 Å². The van der Waals surface area contributed by atoms with Gasteiger partial charge in [-0.3, -0.25) is 9.59 Å². The summed E-state index contributed by atoms with van der Waals surface area (Å²) < 4.78 is 29.0. The van der Waals surface area contributed by atoms with Crippen molar-refractivity contribution in [2.45, 2.75) is 52.9 Å². The third kappa shape index (κ3) is 4.26. The molecule has 2 amide bonds. The highest BCUT2D eigenvalue weighted by Gasteiger charge is 2.54. The van der Waals surface area contributed by atoms with E-state index in [1.54, 1.807) is 32.1 Å². The lowest BCUT2D eigenvalue weighted by Crippen LogP contribution is -2.52. The van der Waals surface area contributed by atoms with Gasteiger partial charge in [0, 0.05) is 23.8 Å². The number of nitrogens with zero attached hydrogens (tertiary/aromatic N) is 1. The first kappa shape index (κ1) is 25.4. The summed E-state index contributed by atoms with van der Waals surface area (Å²) in [5, 5.41) is 13.8. The molecular formula is C27H29BrF2N2O3. The van der Waals surface area contributed by atoms with E-state index >= 15 is 0 Å². The molecule has 1 saturated carbocycles. The molecular weight excluding hydrogens is 518 g/mol. The maximum absolute atomic E-state index is 14.5. The topological polar surface area (TPSA) is 69.6 Å². The van der Waals surface area contributed by atoms with Crippen molar-refractivity contribution in [1.29, 1.82) is 0 Å². The van der Waals surface area contributed by atoms with E-state index in [1.165, 1.54) is 11.0 Å². The number of carbonyl (C=O) groups is 2. The molecule has 8 heteroatoms.